The van der Waals surface area contributed by atoms with Crippen molar-refractivity contribution in [1.29, 1.82) is 0 Å². The van der Waals surface area contributed by atoms with E-state index in [1.54, 1.807) is 0 Å². The summed E-state index contributed by atoms with van der Waals surface area (Å²) >= 11 is 2.07. The number of thioether (sulfide) groups is 1. The largest absolute Gasteiger partial charge is 0.313 e. The fourth-order valence-corrected chi connectivity index (χ4v) is 2.40. The summed E-state index contributed by atoms with van der Waals surface area (Å²) in [7, 11) is 0. The second-order valence-corrected chi connectivity index (χ2v) is 5.97. The highest BCUT2D eigenvalue weighted by Crippen LogP contribution is 2.07. The summed E-state index contributed by atoms with van der Waals surface area (Å²) < 4.78 is 0. The van der Waals surface area contributed by atoms with Crippen molar-refractivity contribution >= 4 is 11.8 Å². The van der Waals surface area contributed by atoms with E-state index in [0.717, 1.165) is 5.92 Å². The normalized spacial score (nSPS) is 13.4. The van der Waals surface area contributed by atoms with Crippen molar-refractivity contribution < 1.29 is 0 Å². The number of hydrogen-bond donors (Lipinski definition) is 1. The minimum atomic E-state index is 0.705. The molecule has 1 nitrogen and oxygen atoms in total. The molecule has 0 rings (SSSR count). The molecule has 0 heterocycles. The summed E-state index contributed by atoms with van der Waals surface area (Å²) in [6, 6.07) is 0.705. The lowest BCUT2D eigenvalue weighted by atomic mass is 10.1. The van der Waals surface area contributed by atoms with Crippen LogP contribution in [0.25, 0.3) is 0 Å². The molecular formula is C13H29NS. The van der Waals surface area contributed by atoms with Crippen LogP contribution in [-0.2, 0) is 0 Å². The molecule has 0 aromatic carbocycles. The lowest BCUT2D eigenvalue weighted by Crippen LogP contribution is -2.28. The molecule has 0 bridgehead atoms. The summed E-state index contributed by atoms with van der Waals surface area (Å²) in [6.07, 6.45) is 5.43. The summed E-state index contributed by atoms with van der Waals surface area (Å²) in [5.74, 6) is 3.39. The van der Waals surface area contributed by atoms with E-state index >= 15 is 0 Å². The lowest BCUT2D eigenvalue weighted by Gasteiger charge is -2.13. The van der Waals surface area contributed by atoms with Gasteiger partial charge in [0, 0.05) is 18.3 Å². The zero-order chi connectivity index (χ0) is 11.5. The molecule has 15 heavy (non-hydrogen) atoms. The Bertz CT molecular complexity index is 126. The van der Waals surface area contributed by atoms with Gasteiger partial charge in [-0.15, -0.1) is 0 Å². The first kappa shape index (κ1) is 15.3. The van der Waals surface area contributed by atoms with Gasteiger partial charge in [-0.25, -0.2) is 0 Å². The standard InChI is InChI=1S/C13H29NS/c1-5-6-7-8-13(4)14-9-10-15-11-12(2)3/h12-14H,5-11H2,1-4H3. The van der Waals surface area contributed by atoms with Gasteiger partial charge in [-0.3, -0.25) is 0 Å². The molecule has 0 saturated carbocycles. The van der Waals surface area contributed by atoms with Crippen LogP contribution in [0.1, 0.15) is 53.4 Å². The van der Waals surface area contributed by atoms with E-state index in [-0.39, 0.29) is 0 Å². The average Bonchev–Trinajstić information content (AvgIpc) is 2.17. The van der Waals surface area contributed by atoms with Gasteiger partial charge in [0.15, 0.2) is 0 Å². The molecule has 0 aliphatic heterocycles. The highest BCUT2D eigenvalue weighted by molar-refractivity contribution is 7.99. The van der Waals surface area contributed by atoms with Crippen molar-refractivity contribution in [2.24, 2.45) is 5.92 Å². The van der Waals surface area contributed by atoms with E-state index in [0.29, 0.717) is 6.04 Å². The third-order valence-electron chi connectivity index (χ3n) is 2.43. The maximum Gasteiger partial charge on any atom is 0.00582 e. The first-order chi connectivity index (χ1) is 7.16. The topological polar surface area (TPSA) is 12.0 Å². The first-order valence-corrected chi connectivity index (χ1v) is 7.63. The van der Waals surface area contributed by atoms with Crippen molar-refractivity contribution in [3.63, 3.8) is 0 Å². The minimum Gasteiger partial charge on any atom is -0.313 e. The zero-order valence-corrected chi connectivity index (χ0v) is 11.8. The molecular weight excluding hydrogens is 202 g/mol. The molecule has 0 aromatic rings. The summed E-state index contributed by atoms with van der Waals surface area (Å²) in [6.45, 7) is 10.3. The first-order valence-electron chi connectivity index (χ1n) is 6.48. The van der Waals surface area contributed by atoms with Crippen LogP contribution in [0.2, 0.25) is 0 Å². The Labute approximate surface area is 101 Å². The molecule has 0 aliphatic carbocycles. The van der Waals surface area contributed by atoms with Crippen molar-refractivity contribution in [2.75, 3.05) is 18.1 Å². The van der Waals surface area contributed by atoms with Crippen LogP contribution >= 0.6 is 11.8 Å². The van der Waals surface area contributed by atoms with Crippen LogP contribution in [0.15, 0.2) is 0 Å². The number of nitrogens with one attached hydrogen (secondary N) is 1. The van der Waals surface area contributed by atoms with Crippen molar-refractivity contribution in [2.45, 2.75) is 59.4 Å². The third kappa shape index (κ3) is 12.2. The lowest BCUT2D eigenvalue weighted by molar-refractivity contribution is 0.502. The molecule has 92 valence electrons. The maximum atomic E-state index is 3.59. The predicted molar refractivity (Wildman–Crippen MR) is 73.8 cm³/mol. The Morgan fingerprint density at radius 1 is 1.13 bits per heavy atom. The van der Waals surface area contributed by atoms with Gasteiger partial charge in [0.1, 0.15) is 0 Å². The monoisotopic (exact) mass is 231 g/mol. The fourth-order valence-electron chi connectivity index (χ4n) is 1.50. The van der Waals surface area contributed by atoms with Crippen molar-refractivity contribution in [1.82, 2.24) is 5.32 Å². The maximum absolute atomic E-state index is 3.59. The Morgan fingerprint density at radius 3 is 2.47 bits per heavy atom. The Balaban J connectivity index is 3.13. The molecule has 1 atom stereocenters. The highest BCUT2D eigenvalue weighted by Gasteiger charge is 2.00. The smallest absolute Gasteiger partial charge is 0.00582 e. The average molecular weight is 231 g/mol. The Kier molecular flexibility index (Phi) is 11.0. The van der Waals surface area contributed by atoms with Gasteiger partial charge in [-0.2, -0.15) is 11.8 Å². The van der Waals surface area contributed by atoms with Gasteiger partial charge in [0.25, 0.3) is 0 Å². The number of unbranched alkanes of at least 4 members (excludes halogenated alkanes) is 2. The van der Waals surface area contributed by atoms with Crippen molar-refractivity contribution in [3.8, 4) is 0 Å². The molecule has 0 aromatic heterocycles. The van der Waals surface area contributed by atoms with Gasteiger partial charge >= 0.3 is 0 Å². The van der Waals surface area contributed by atoms with E-state index in [2.05, 4.69) is 44.8 Å². The van der Waals surface area contributed by atoms with Crippen molar-refractivity contribution in [3.05, 3.63) is 0 Å². The van der Waals surface area contributed by atoms with Gasteiger partial charge in [0.05, 0.1) is 0 Å². The van der Waals surface area contributed by atoms with Crippen LogP contribution < -0.4 is 5.32 Å². The van der Waals surface area contributed by atoms with Crippen LogP contribution in [0.4, 0.5) is 0 Å². The molecule has 0 aliphatic rings. The molecule has 2 heteroatoms. The highest BCUT2D eigenvalue weighted by atomic mass is 32.2. The summed E-state index contributed by atoms with van der Waals surface area (Å²) in [5.41, 5.74) is 0. The van der Waals surface area contributed by atoms with E-state index in [1.807, 2.05) is 0 Å². The van der Waals surface area contributed by atoms with Crippen LogP contribution in [0.3, 0.4) is 0 Å². The summed E-state index contributed by atoms with van der Waals surface area (Å²) in [5, 5.41) is 3.59. The SMILES string of the molecule is CCCCCC(C)NCCSCC(C)C. The predicted octanol–water partition coefficient (Wildman–Crippen LogP) is 3.93. The van der Waals surface area contributed by atoms with E-state index < -0.39 is 0 Å². The minimum absolute atomic E-state index is 0.705. The molecule has 1 N–H and O–H groups in total. The molecule has 0 amide bonds. The van der Waals surface area contributed by atoms with Crippen LogP contribution in [0.5, 0.6) is 0 Å². The molecule has 0 spiro atoms. The Hall–Kier alpha value is 0.310. The van der Waals surface area contributed by atoms with Gasteiger partial charge in [0.2, 0.25) is 0 Å². The fraction of sp³-hybridized carbons (Fsp3) is 1.00. The van der Waals surface area contributed by atoms with E-state index in [4.69, 9.17) is 0 Å². The molecule has 0 fully saturated rings. The quantitative estimate of drug-likeness (QED) is 0.572. The van der Waals surface area contributed by atoms with Crippen LogP contribution in [-0.4, -0.2) is 24.1 Å². The van der Waals surface area contributed by atoms with Gasteiger partial charge in [-0.1, -0.05) is 40.0 Å². The second-order valence-electron chi connectivity index (χ2n) is 4.82. The second kappa shape index (κ2) is 10.8. The molecule has 0 radical (unpaired) electrons. The van der Waals surface area contributed by atoms with E-state index in [1.165, 1.54) is 43.7 Å². The third-order valence-corrected chi connectivity index (χ3v) is 3.83. The molecule has 1 unspecified atom stereocenters. The number of hydrogen-bond acceptors (Lipinski definition) is 2. The number of rotatable bonds is 10. The van der Waals surface area contributed by atoms with Gasteiger partial charge in [-0.05, 0) is 25.0 Å². The van der Waals surface area contributed by atoms with E-state index in [9.17, 15) is 0 Å². The van der Waals surface area contributed by atoms with Crippen LogP contribution in [0, 0.1) is 5.92 Å². The molecule has 0 saturated heterocycles. The summed E-state index contributed by atoms with van der Waals surface area (Å²) in [4.78, 5) is 0. The Morgan fingerprint density at radius 2 is 1.87 bits per heavy atom. The zero-order valence-electron chi connectivity index (χ0n) is 11.0. The van der Waals surface area contributed by atoms with Gasteiger partial charge < -0.3 is 5.32 Å².